The Bertz CT molecular complexity index is 1170. The summed E-state index contributed by atoms with van der Waals surface area (Å²) < 4.78 is 7.19. The summed E-state index contributed by atoms with van der Waals surface area (Å²) in [6.45, 7) is 4.32. The molecule has 9 heteroatoms. The zero-order chi connectivity index (χ0) is 21.8. The molecule has 4 heterocycles. The third kappa shape index (κ3) is 3.35. The summed E-state index contributed by atoms with van der Waals surface area (Å²) in [6, 6.07) is 4.03. The van der Waals surface area contributed by atoms with Crippen LogP contribution in [0.1, 0.15) is 49.2 Å². The van der Waals surface area contributed by atoms with Crippen molar-refractivity contribution in [1.82, 2.24) is 24.7 Å². The Morgan fingerprint density at radius 3 is 2.68 bits per heavy atom. The van der Waals surface area contributed by atoms with Gasteiger partial charge < -0.3 is 9.64 Å². The molecule has 5 rings (SSSR count). The molecule has 160 valence electrons. The molecule has 1 aliphatic heterocycles. The molecule has 0 atom stereocenters. The highest BCUT2D eigenvalue weighted by molar-refractivity contribution is 6.28. The van der Waals surface area contributed by atoms with Gasteiger partial charge in [-0.3, -0.25) is 4.68 Å². The van der Waals surface area contributed by atoms with Crippen molar-refractivity contribution in [2.45, 2.75) is 44.6 Å². The van der Waals surface area contributed by atoms with Crippen molar-refractivity contribution >= 4 is 29.1 Å². The zero-order valence-corrected chi connectivity index (χ0v) is 18.4. The van der Waals surface area contributed by atoms with Gasteiger partial charge in [-0.1, -0.05) is 6.42 Å². The number of aryl methyl sites for hydroxylation is 1. The van der Waals surface area contributed by atoms with E-state index >= 15 is 0 Å². The van der Waals surface area contributed by atoms with Gasteiger partial charge in [0.25, 0.3) is 0 Å². The molecular formula is C22H23ClN6O2. The average molecular weight is 439 g/mol. The maximum Gasteiger partial charge on any atom is 0.343 e. The number of halogens is 1. The van der Waals surface area contributed by atoms with Crippen molar-refractivity contribution < 1.29 is 9.53 Å². The number of fused-ring (bicyclic) bond motifs is 2. The van der Waals surface area contributed by atoms with Gasteiger partial charge in [0.15, 0.2) is 5.82 Å². The minimum atomic E-state index is -0.460. The Hall–Kier alpha value is -3.00. The van der Waals surface area contributed by atoms with Crippen LogP contribution < -0.4 is 4.90 Å². The van der Waals surface area contributed by atoms with Crippen LogP contribution in [-0.2, 0) is 17.2 Å². The van der Waals surface area contributed by atoms with Gasteiger partial charge >= 0.3 is 5.97 Å². The molecule has 8 nitrogen and oxygen atoms in total. The van der Waals surface area contributed by atoms with Crippen LogP contribution in [0.25, 0.3) is 11.3 Å². The first kappa shape index (κ1) is 19.9. The van der Waals surface area contributed by atoms with Crippen LogP contribution in [0.2, 0.25) is 5.28 Å². The van der Waals surface area contributed by atoms with E-state index in [4.69, 9.17) is 21.3 Å². The summed E-state index contributed by atoms with van der Waals surface area (Å²) in [7, 11) is 1.89. The third-order valence-corrected chi connectivity index (χ3v) is 6.18. The second-order valence-electron chi connectivity index (χ2n) is 8.52. The molecule has 0 bridgehead atoms. The van der Waals surface area contributed by atoms with Crippen LogP contribution in [-0.4, -0.2) is 43.4 Å². The van der Waals surface area contributed by atoms with Crippen LogP contribution in [0.4, 0.5) is 11.5 Å². The molecule has 31 heavy (non-hydrogen) atoms. The van der Waals surface area contributed by atoms with Crippen molar-refractivity contribution in [3.05, 3.63) is 47.3 Å². The van der Waals surface area contributed by atoms with Gasteiger partial charge in [0.2, 0.25) is 5.28 Å². The van der Waals surface area contributed by atoms with E-state index in [0.29, 0.717) is 17.9 Å². The molecule has 2 aliphatic rings. The quantitative estimate of drug-likeness (QED) is 0.448. The molecule has 0 radical (unpaired) electrons. The van der Waals surface area contributed by atoms with Crippen molar-refractivity contribution in [3.63, 3.8) is 0 Å². The first-order valence-corrected chi connectivity index (χ1v) is 10.8. The van der Waals surface area contributed by atoms with E-state index in [0.717, 1.165) is 41.9 Å². The predicted octanol–water partition coefficient (Wildman–Crippen LogP) is 4.06. The monoisotopic (exact) mass is 438 g/mol. The second-order valence-corrected chi connectivity index (χ2v) is 8.86. The van der Waals surface area contributed by atoms with Crippen LogP contribution >= 0.6 is 11.6 Å². The molecule has 3 aromatic heterocycles. The smallest absolute Gasteiger partial charge is 0.343 e. The van der Waals surface area contributed by atoms with E-state index in [1.165, 1.54) is 6.20 Å². The SMILES string of the molecule is CC(C)OC(=O)c1cnc(Cl)nc1N1CC2(CCC2)c2nc(-c3cnn(C)c3)ccc21. The van der Waals surface area contributed by atoms with E-state index in [1.54, 1.807) is 4.68 Å². The zero-order valence-electron chi connectivity index (χ0n) is 17.7. The van der Waals surface area contributed by atoms with Gasteiger partial charge in [0.05, 0.1) is 29.4 Å². The minimum Gasteiger partial charge on any atom is -0.459 e. The van der Waals surface area contributed by atoms with E-state index < -0.39 is 5.97 Å². The summed E-state index contributed by atoms with van der Waals surface area (Å²) in [5.41, 5.74) is 4.10. The lowest BCUT2D eigenvalue weighted by Gasteiger charge is -2.38. The summed E-state index contributed by atoms with van der Waals surface area (Å²) in [5.74, 6) is 0.00400. The maximum absolute atomic E-state index is 12.7. The first-order chi connectivity index (χ1) is 14.9. The fraction of sp³-hybridized carbons (Fsp3) is 0.409. The molecule has 1 fully saturated rings. The summed E-state index contributed by atoms with van der Waals surface area (Å²) in [5, 5.41) is 4.36. The lowest BCUT2D eigenvalue weighted by molar-refractivity contribution is 0.0378. The lowest BCUT2D eigenvalue weighted by Crippen LogP contribution is -2.39. The maximum atomic E-state index is 12.7. The number of carbonyl (C=O) groups excluding carboxylic acids is 1. The van der Waals surface area contributed by atoms with Gasteiger partial charge in [-0.05, 0) is 50.4 Å². The molecule has 0 amide bonds. The molecular weight excluding hydrogens is 416 g/mol. The van der Waals surface area contributed by atoms with Gasteiger partial charge in [-0.2, -0.15) is 10.1 Å². The summed E-state index contributed by atoms with van der Waals surface area (Å²) >= 11 is 6.13. The molecule has 3 aromatic rings. The number of esters is 1. The summed E-state index contributed by atoms with van der Waals surface area (Å²) in [4.78, 5) is 28.3. The average Bonchev–Trinajstić information content (AvgIpc) is 3.28. The van der Waals surface area contributed by atoms with Crippen molar-refractivity contribution in [3.8, 4) is 11.3 Å². The number of rotatable bonds is 4. The molecule has 1 saturated carbocycles. The number of nitrogens with zero attached hydrogens (tertiary/aromatic N) is 6. The third-order valence-electron chi connectivity index (χ3n) is 6.00. The van der Waals surface area contributed by atoms with E-state index in [-0.39, 0.29) is 16.8 Å². The molecule has 0 unspecified atom stereocenters. The molecule has 1 aliphatic carbocycles. The van der Waals surface area contributed by atoms with Gasteiger partial charge in [-0.15, -0.1) is 0 Å². The second kappa shape index (κ2) is 7.30. The topological polar surface area (TPSA) is 86.0 Å². The Morgan fingerprint density at radius 1 is 1.23 bits per heavy atom. The molecule has 0 aromatic carbocycles. The van der Waals surface area contributed by atoms with Crippen molar-refractivity contribution in [2.75, 3.05) is 11.4 Å². The largest absolute Gasteiger partial charge is 0.459 e. The first-order valence-electron chi connectivity index (χ1n) is 10.4. The number of carbonyl (C=O) groups is 1. The fourth-order valence-electron chi connectivity index (χ4n) is 4.40. The number of pyridine rings is 1. The summed E-state index contributed by atoms with van der Waals surface area (Å²) in [6.07, 6.45) is 8.22. The molecule has 0 N–H and O–H groups in total. The fourth-order valence-corrected chi connectivity index (χ4v) is 4.53. The Morgan fingerprint density at radius 2 is 2.03 bits per heavy atom. The minimum absolute atomic E-state index is 0.0514. The number of aromatic nitrogens is 5. The van der Waals surface area contributed by atoms with E-state index in [9.17, 15) is 4.79 Å². The van der Waals surface area contributed by atoms with Crippen LogP contribution in [0.5, 0.6) is 0 Å². The van der Waals surface area contributed by atoms with Crippen LogP contribution in [0.3, 0.4) is 0 Å². The van der Waals surface area contributed by atoms with E-state index in [2.05, 4.69) is 15.1 Å². The highest BCUT2D eigenvalue weighted by Gasteiger charge is 2.49. The van der Waals surface area contributed by atoms with Gasteiger partial charge in [-0.25, -0.2) is 14.8 Å². The van der Waals surface area contributed by atoms with Crippen LogP contribution in [0.15, 0.2) is 30.7 Å². The van der Waals surface area contributed by atoms with Gasteiger partial charge in [0, 0.05) is 37.0 Å². The normalized spacial score (nSPS) is 16.5. The number of anilines is 2. The number of hydrogen-bond donors (Lipinski definition) is 0. The Kier molecular flexibility index (Phi) is 4.69. The Labute approximate surface area is 185 Å². The van der Waals surface area contributed by atoms with Crippen molar-refractivity contribution in [2.24, 2.45) is 7.05 Å². The van der Waals surface area contributed by atoms with E-state index in [1.807, 2.05) is 50.3 Å². The highest BCUT2D eigenvalue weighted by Crippen LogP contribution is 2.54. The van der Waals surface area contributed by atoms with Crippen LogP contribution in [0, 0.1) is 0 Å². The highest BCUT2D eigenvalue weighted by atomic mass is 35.5. The predicted molar refractivity (Wildman–Crippen MR) is 117 cm³/mol. The number of hydrogen-bond acceptors (Lipinski definition) is 7. The lowest BCUT2D eigenvalue weighted by atomic mass is 9.67. The van der Waals surface area contributed by atoms with Gasteiger partial charge in [0.1, 0.15) is 5.56 Å². The standard InChI is InChI=1S/C22H23ClN6O2/c1-13(2)31-20(30)15-10-24-21(23)27-19(15)29-12-22(7-4-8-22)18-17(29)6-5-16(26-18)14-9-25-28(3)11-14/h5-6,9-11,13H,4,7-8,12H2,1-3H3. The Balaban J connectivity index is 1.61. The van der Waals surface area contributed by atoms with Crippen molar-refractivity contribution in [1.29, 1.82) is 0 Å². The number of ether oxygens (including phenoxy) is 1. The molecule has 1 spiro atoms. The molecule has 0 saturated heterocycles.